The second kappa shape index (κ2) is 12.4. The normalized spacial score (nSPS) is 11.8. The van der Waals surface area contributed by atoms with E-state index in [2.05, 4.69) is 5.32 Å². The first-order chi connectivity index (χ1) is 15.7. The third-order valence-electron chi connectivity index (χ3n) is 4.61. The van der Waals surface area contributed by atoms with Crippen LogP contribution >= 0.6 is 0 Å². The molecule has 2 aromatic carbocycles. The molecular weight excluding hydrogens is 428 g/mol. The van der Waals surface area contributed by atoms with Crippen molar-refractivity contribution in [3.8, 4) is 11.8 Å². The molecule has 0 bridgehead atoms. The van der Waals surface area contributed by atoms with Crippen molar-refractivity contribution in [2.24, 2.45) is 0 Å². The van der Waals surface area contributed by atoms with Crippen LogP contribution in [0.4, 0.5) is 4.39 Å². The number of carbonyl (C=O) groups is 2. The molecule has 0 aliphatic heterocycles. The van der Waals surface area contributed by atoms with Crippen molar-refractivity contribution in [2.45, 2.75) is 18.8 Å². The molecule has 0 fully saturated rings. The van der Waals surface area contributed by atoms with Gasteiger partial charge in [0.25, 0.3) is 5.91 Å². The third-order valence-corrected chi connectivity index (χ3v) is 4.61. The molecule has 0 aliphatic rings. The summed E-state index contributed by atoms with van der Waals surface area (Å²) in [6.45, 7) is -0.169. The van der Waals surface area contributed by atoms with Gasteiger partial charge in [-0.15, -0.1) is 0 Å². The maximum Gasteiger partial charge on any atom is 0.475 e. The monoisotopic (exact) mass is 453 g/mol. The van der Waals surface area contributed by atoms with Gasteiger partial charge in [0.15, 0.2) is 11.6 Å². The quantitative estimate of drug-likeness (QED) is 0.284. The predicted molar refractivity (Wildman–Crippen MR) is 121 cm³/mol. The first kappa shape index (κ1) is 25.6. The van der Waals surface area contributed by atoms with Gasteiger partial charge < -0.3 is 25.0 Å². The van der Waals surface area contributed by atoms with E-state index in [1.807, 2.05) is 12.1 Å². The Bertz CT molecular complexity index is 1040. The van der Waals surface area contributed by atoms with E-state index >= 15 is 0 Å². The fraction of sp³-hybridized carbons (Fsp3) is 0.261. The van der Waals surface area contributed by atoms with Crippen molar-refractivity contribution in [1.82, 2.24) is 10.2 Å². The Morgan fingerprint density at radius 3 is 2.55 bits per heavy atom. The first-order valence-corrected chi connectivity index (χ1v) is 10.2. The number of nitrogens with one attached hydrogen (secondary N) is 1. The average molecular weight is 453 g/mol. The van der Waals surface area contributed by atoms with E-state index < -0.39 is 30.7 Å². The van der Waals surface area contributed by atoms with Crippen LogP contribution in [0.25, 0.3) is 6.08 Å². The minimum atomic E-state index is -1.75. The smallest absolute Gasteiger partial charge is 0.475 e. The number of ether oxygens (including phenoxy) is 1. The lowest BCUT2D eigenvalue weighted by Crippen LogP contribution is -2.48. The van der Waals surface area contributed by atoms with E-state index in [1.165, 1.54) is 37.2 Å². The van der Waals surface area contributed by atoms with Crippen molar-refractivity contribution >= 4 is 25.0 Å². The summed E-state index contributed by atoms with van der Waals surface area (Å²) >= 11 is 0. The summed E-state index contributed by atoms with van der Waals surface area (Å²) in [5, 5.41) is 30.8. The van der Waals surface area contributed by atoms with Crippen LogP contribution in [0.5, 0.6) is 5.75 Å². The zero-order valence-electron chi connectivity index (χ0n) is 18.4. The van der Waals surface area contributed by atoms with Crippen LogP contribution in [0.1, 0.15) is 17.5 Å². The van der Waals surface area contributed by atoms with Crippen LogP contribution in [0, 0.1) is 17.1 Å². The highest BCUT2D eigenvalue weighted by molar-refractivity contribution is 6.43. The third kappa shape index (κ3) is 8.07. The van der Waals surface area contributed by atoms with Crippen molar-refractivity contribution in [3.63, 3.8) is 0 Å². The summed E-state index contributed by atoms with van der Waals surface area (Å²) in [4.78, 5) is 25.4. The highest BCUT2D eigenvalue weighted by Crippen LogP contribution is 2.21. The SMILES string of the molecule is CN(C)C(=O)C(C#N)=Cc1ccc(F)c(OCCC(=O)N[C@@H](Cc2ccccc2)B(O)O)c1. The van der Waals surface area contributed by atoms with Gasteiger partial charge in [-0.05, 0) is 35.8 Å². The second-order valence-electron chi connectivity index (χ2n) is 7.44. The number of hydrogen-bond donors (Lipinski definition) is 3. The van der Waals surface area contributed by atoms with E-state index in [9.17, 15) is 29.3 Å². The molecule has 0 radical (unpaired) electrons. The Morgan fingerprint density at radius 2 is 1.94 bits per heavy atom. The summed E-state index contributed by atoms with van der Waals surface area (Å²) in [7, 11) is 1.27. The number of nitrogens with zero attached hydrogens (tertiary/aromatic N) is 2. The molecule has 1 atom stereocenters. The van der Waals surface area contributed by atoms with Crippen LogP contribution in [0.3, 0.4) is 0 Å². The molecular formula is C23H25BFN3O5. The molecule has 33 heavy (non-hydrogen) atoms. The highest BCUT2D eigenvalue weighted by atomic mass is 19.1. The lowest BCUT2D eigenvalue weighted by atomic mass is 9.76. The van der Waals surface area contributed by atoms with Gasteiger partial charge in [-0.2, -0.15) is 5.26 Å². The molecule has 0 saturated carbocycles. The fourth-order valence-electron chi connectivity index (χ4n) is 2.90. The van der Waals surface area contributed by atoms with Gasteiger partial charge in [-0.3, -0.25) is 9.59 Å². The van der Waals surface area contributed by atoms with E-state index in [-0.39, 0.29) is 30.8 Å². The first-order valence-electron chi connectivity index (χ1n) is 10.2. The van der Waals surface area contributed by atoms with Crippen LogP contribution < -0.4 is 10.1 Å². The molecule has 0 saturated heterocycles. The lowest BCUT2D eigenvalue weighted by molar-refractivity contribution is -0.124. The lowest BCUT2D eigenvalue weighted by Gasteiger charge is -2.18. The Morgan fingerprint density at radius 1 is 1.24 bits per heavy atom. The number of rotatable bonds is 10. The summed E-state index contributed by atoms with van der Waals surface area (Å²) < 4.78 is 19.5. The number of amides is 2. The summed E-state index contributed by atoms with van der Waals surface area (Å²) in [6, 6.07) is 14.7. The molecule has 2 rings (SSSR count). The Labute approximate surface area is 192 Å². The van der Waals surface area contributed by atoms with Gasteiger partial charge in [0.2, 0.25) is 5.91 Å². The Hall–Kier alpha value is -3.68. The molecule has 0 aliphatic carbocycles. The number of hydrogen-bond acceptors (Lipinski definition) is 6. The molecule has 2 amide bonds. The number of nitriles is 1. The zero-order valence-corrected chi connectivity index (χ0v) is 18.4. The van der Waals surface area contributed by atoms with Crippen LogP contribution in [0.2, 0.25) is 0 Å². The van der Waals surface area contributed by atoms with Gasteiger partial charge in [-0.25, -0.2) is 4.39 Å². The molecule has 10 heteroatoms. The standard InChI is InChI=1S/C23H25BFN3O5/c1-28(2)23(30)18(15-26)12-17-8-9-19(25)20(13-17)33-11-10-22(29)27-21(24(31)32)14-16-6-4-3-5-7-16/h3-9,12-13,21,31-32H,10-11,14H2,1-2H3,(H,27,29)/t21-/m0/s1. The van der Waals surface area contributed by atoms with Crippen molar-refractivity contribution < 1.29 is 28.8 Å². The van der Waals surface area contributed by atoms with Gasteiger partial charge in [-0.1, -0.05) is 36.4 Å². The predicted octanol–water partition coefficient (Wildman–Crippen LogP) is 1.33. The molecule has 0 spiro atoms. The second-order valence-corrected chi connectivity index (χ2v) is 7.44. The van der Waals surface area contributed by atoms with E-state index in [1.54, 1.807) is 24.3 Å². The minimum absolute atomic E-state index is 0.121. The summed E-state index contributed by atoms with van der Waals surface area (Å²) in [6.07, 6.45) is 1.39. The number of likely N-dealkylation sites (N-methyl/N-ethyl adjacent to an activating group) is 1. The van der Waals surface area contributed by atoms with Crippen molar-refractivity contribution in [2.75, 3.05) is 20.7 Å². The molecule has 0 unspecified atom stereocenters. The number of benzene rings is 2. The van der Waals surface area contributed by atoms with Crippen molar-refractivity contribution in [3.05, 3.63) is 71.0 Å². The molecule has 0 heterocycles. The highest BCUT2D eigenvalue weighted by Gasteiger charge is 2.25. The fourth-order valence-corrected chi connectivity index (χ4v) is 2.90. The Balaban J connectivity index is 1.97. The average Bonchev–Trinajstić information content (AvgIpc) is 2.79. The maximum atomic E-state index is 14.1. The van der Waals surface area contributed by atoms with E-state index in [4.69, 9.17) is 4.74 Å². The van der Waals surface area contributed by atoms with Crippen LogP contribution in [0.15, 0.2) is 54.1 Å². The molecule has 3 N–H and O–H groups in total. The molecule has 2 aromatic rings. The van der Waals surface area contributed by atoms with Gasteiger partial charge in [0.05, 0.1) is 19.0 Å². The van der Waals surface area contributed by atoms with Gasteiger partial charge >= 0.3 is 7.12 Å². The summed E-state index contributed by atoms with van der Waals surface area (Å²) in [5.74, 6) is -2.71. The minimum Gasteiger partial charge on any atom is -0.490 e. The van der Waals surface area contributed by atoms with Crippen LogP contribution in [-0.2, 0) is 16.0 Å². The zero-order chi connectivity index (χ0) is 24.4. The van der Waals surface area contributed by atoms with Crippen LogP contribution in [-0.4, -0.2) is 60.5 Å². The number of carbonyl (C=O) groups excluding carboxylic acids is 2. The molecule has 0 aromatic heterocycles. The maximum absolute atomic E-state index is 14.1. The van der Waals surface area contributed by atoms with Gasteiger partial charge in [0.1, 0.15) is 11.6 Å². The van der Waals surface area contributed by atoms with E-state index in [0.717, 1.165) is 11.6 Å². The van der Waals surface area contributed by atoms with Gasteiger partial charge in [0, 0.05) is 14.1 Å². The molecule has 8 nitrogen and oxygen atoms in total. The van der Waals surface area contributed by atoms with Crippen molar-refractivity contribution in [1.29, 1.82) is 5.26 Å². The topological polar surface area (TPSA) is 123 Å². The molecule has 172 valence electrons. The number of halogens is 1. The summed E-state index contributed by atoms with van der Waals surface area (Å²) in [5.41, 5.74) is 1.08. The van der Waals surface area contributed by atoms with E-state index in [0.29, 0.717) is 5.56 Å². The largest absolute Gasteiger partial charge is 0.490 e. The Kier molecular flexibility index (Phi) is 9.60.